The van der Waals surface area contributed by atoms with Crippen LogP contribution in [0.25, 0.3) is 0 Å². The fraction of sp³-hybridized carbons (Fsp3) is 0.702. The number of hydrogen-bond acceptors (Lipinski definition) is 18. The third-order valence-electron chi connectivity index (χ3n) is 10.7. The summed E-state index contributed by atoms with van der Waals surface area (Å²) in [5, 5.41) is 13.3. The molecule has 0 aliphatic carbocycles. The molecule has 0 aromatic carbocycles. The fourth-order valence-electron chi connectivity index (χ4n) is 6.95. The number of ketones is 1. The van der Waals surface area contributed by atoms with Gasteiger partial charge in [-0.1, -0.05) is 44.6 Å². The highest BCUT2D eigenvalue weighted by molar-refractivity contribution is 8.93. The van der Waals surface area contributed by atoms with E-state index in [-0.39, 0.29) is 103 Å². The molecule has 0 radical (unpaired) electrons. The Morgan fingerprint density at radius 1 is 0.527 bits per heavy atom. The number of carbonyl (C=O) groups is 10. The summed E-state index contributed by atoms with van der Waals surface area (Å²) in [4.78, 5) is 130. The zero-order valence-corrected chi connectivity index (χ0v) is 46.7. The Morgan fingerprint density at radius 3 is 1.34 bits per heavy atom. The number of primary amides is 2. The van der Waals surface area contributed by atoms with Gasteiger partial charge in [-0.3, -0.25) is 39.4 Å². The van der Waals surface area contributed by atoms with E-state index in [1.807, 2.05) is 0 Å². The van der Waals surface area contributed by atoms with Gasteiger partial charge in [0.2, 0.25) is 29.5 Å². The molecule has 27 heteroatoms. The van der Waals surface area contributed by atoms with Gasteiger partial charge in [0.15, 0.2) is 8.41 Å². The van der Waals surface area contributed by atoms with Crippen molar-refractivity contribution >= 4 is 103 Å². The number of nitrogens with one attached hydrogen (secondary N) is 5. The van der Waals surface area contributed by atoms with E-state index in [9.17, 15) is 47.9 Å². The summed E-state index contributed by atoms with van der Waals surface area (Å²) in [5.74, 6) is -3.90. The quantitative estimate of drug-likeness (QED) is 0.0140. The highest BCUT2D eigenvalue weighted by atomic mass is 33.2. The largest absolute Gasteiger partial charge is 0.445 e. The lowest BCUT2D eigenvalue weighted by atomic mass is 9.98. The van der Waals surface area contributed by atoms with Gasteiger partial charge in [0.25, 0.3) is 0 Å². The minimum Gasteiger partial charge on any atom is -0.445 e. The van der Waals surface area contributed by atoms with Gasteiger partial charge in [0.1, 0.15) is 30.2 Å². The molecular weight excluding hydrogens is 1040 g/mol. The van der Waals surface area contributed by atoms with E-state index in [1.165, 1.54) is 65.1 Å². The third kappa shape index (κ3) is 27.0. The average molecular weight is 1120 g/mol. The number of Topliss-reactive ketones (excluding diaryl/α,β-unsaturated/α-hetero) is 1. The molecule has 0 aromatic rings. The first kappa shape index (κ1) is 65.1. The second-order valence-electron chi connectivity index (χ2n) is 19.2. The Labute approximate surface area is 449 Å². The summed E-state index contributed by atoms with van der Waals surface area (Å²) in [6, 6.07) is 0. The van der Waals surface area contributed by atoms with Gasteiger partial charge in [-0.15, -0.1) is 0 Å². The van der Waals surface area contributed by atoms with Crippen molar-refractivity contribution in [2.75, 3.05) is 59.0 Å². The van der Waals surface area contributed by atoms with Crippen molar-refractivity contribution in [3.63, 3.8) is 0 Å². The highest BCUT2D eigenvalue weighted by Gasteiger charge is 2.57. The maximum absolute atomic E-state index is 13.7. The Bertz CT molecular complexity index is 1830. The van der Waals surface area contributed by atoms with E-state index in [4.69, 9.17) is 30.4 Å². The lowest BCUT2D eigenvalue weighted by Crippen LogP contribution is -2.46. The fourth-order valence-corrected chi connectivity index (χ4v) is 11.5. The average Bonchev–Trinajstić information content (AvgIpc) is 4.24. The van der Waals surface area contributed by atoms with Crippen molar-refractivity contribution in [3.05, 3.63) is 25.3 Å². The number of unbranched alkanes of at least 4 members (excludes halogenated alkanes) is 3. The molecule has 0 unspecified atom stereocenters. The highest BCUT2D eigenvalue weighted by Crippen LogP contribution is 2.68. The molecule has 9 amide bonds. The first-order chi connectivity index (χ1) is 34.7. The molecular formula is C47H77N9O14S4. The summed E-state index contributed by atoms with van der Waals surface area (Å²) in [6.07, 6.45) is 3.02. The molecule has 418 valence electrons. The molecule has 2 saturated heterocycles. The molecule has 0 bridgehead atoms. The number of alkyl carbamates (subject to hydrolysis) is 4. The summed E-state index contributed by atoms with van der Waals surface area (Å²) in [6.45, 7) is 17.2. The Hall–Kier alpha value is -5.02. The van der Waals surface area contributed by atoms with Gasteiger partial charge in [-0.25, -0.2) is 19.2 Å². The number of carbonyl (C=O) groups excluding carboxylic acids is 10. The van der Waals surface area contributed by atoms with Crippen LogP contribution in [0.5, 0.6) is 0 Å². The van der Waals surface area contributed by atoms with Gasteiger partial charge in [0, 0.05) is 77.9 Å². The van der Waals surface area contributed by atoms with Crippen LogP contribution in [0.1, 0.15) is 119 Å². The van der Waals surface area contributed by atoms with Crippen LogP contribution in [0.2, 0.25) is 0 Å². The zero-order valence-electron chi connectivity index (χ0n) is 43.5. The molecule has 0 saturated carbocycles. The summed E-state index contributed by atoms with van der Waals surface area (Å²) < 4.78 is 18.7. The first-order valence-electron chi connectivity index (χ1n) is 24.5. The molecule has 9 N–H and O–H groups in total. The lowest BCUT2D eigenvalue weighted by molar-refractivity contribution is -0.136. The SMILES string of the molecule is C=CCOC(=O)NC1([C@@H](CCCCCC(=O)CCN(CCN(CCC(=O)NCCCC[C@@H](C(N)=O)C2(NC(=O)OCC=C)SS2)C(=O)CCNC(=O)OC(C)(C)C)C(=O)CCNC(=O)OC(C)(C)C)C(N)=O)SS1. The number of hydrogen-bond donors (Lipinski definition) is 7. The number of nitrogens with two attached hydrogens (primary N) is 2. The van der Waals surface area contributed by atoms with Gasteiger partial charge in [0.05, 0.1) is 11.8 Å². The smallest absolute Gasteiger partial charge is 0.409 e. The molecule has 2 aliphatic rings. The summed E-state index contributed by atoms with van der Waals surface area (Å²) in [5.41, 5.74) is 9.85. The minimum atomic E-state index is -0.942. The van der Waals surface area contributed by atoms with Crippen molar-refractivity contribution in [2.45, 2.75) is 138 Å². The monoisotopic (exact) mass is 1120 g/mol. The predicted octanol–water partition coefficient (Wildman–Crippen LogP) is 5.18. The van der Waals surface area contributed by atoms with Crippen molar-refractivity contribution in [1.29, 1.82) is 0 Å². The molecule has 2 rings (SSSR count). The van der Waals surface area contributed by atoms with Crippen molar-refractivity contribution in [3.8, 4) is 0 Å². The van der Waals surface area contributed by atoms with Gasteiger partial charge in [-0.05, 0) is 110 Å². The minimum absolute atomic E-state index is 0.000732. The number of amides is 9. The molecule has 74 heavy (non-hydrogen) atoms. The Morgan fingerprint density at radius 2 is 0.946 bits per heavy atom. The van der Waals surface area contributed by atoms with E-state index in [0.717, 1.165) is 0 Å². The first-order valence-corrected chi connectivity index (χ1v) is 28.8. The zero-order chi connectivity index (χ0) is 55.5. The van der Waals surface area contributed by atoms with Crippen LogP contribution in [-0.2, 0) is 47.7 Å². The standard InChI is InChI=1S/C47H77N9O14S4/c1-9-30-67-42(65)53-46(71-72-46)33(38(48)61)17-13-11-12-16-32(57)21-26-55(36(59)19-24-51-40(63)69-44(3,4)5)28-29-56(37(60)20-25-52-41(64)70-45(6,7)8)27-22-35(58)50-23-15-14-18-34(39(49)62)47(73-74-47)54-43(66)68-31-10-2/h9-10,33-34H,1-2,11-31H2,3-8H3,(H2,48,61)(H2,49,62)(H,50,58)(H,51,63)(H,52,64)(H,53,65)(H,54,66)/t33-,34-/m0/s1. The van der Waals surface area contributed by atoms with E-state index < -0.39 is 79.4 Å². The van der Waals surface area contributed by atoms with Crippen molar-refractivity contribution in [2.24, 2.45) is 23.3 Å². The van der Waals surface area contributed by atoms with Gasteiger partial charge >= 0.3 is 24.4 Å². The molecule has 0 spiro atoms. The molecule has 23 nitrogen and oxygen atoms in total. The Balaban J connectivity index is 2.08. The number of rotatable bonds is 36. The van der Waals surface area contributed by atoms with Crippen LogP contribution < -0.4 is 38.1 Å². The third-order valence-corrected chi connectivity index (χ3v) is 16.4. The maximum Gasteiger partial charge on any atom is 0.409 e. The lowest BCUT2D eigenvalue weighted by Gasteiger charge is -2.28. The maximum atomic E-state index is 13.7. The summed E-state index contributed by atoms with van der Waals surface area (Å²) in [7, 11) is 5.21. The topological polar surface area (TPSA) is 326 Å². The second-order valence-corrected chi connectivity index (χ2v) is 25.0. The second kappa shape index (κ2) is 32.4. The van der Waals surface area contributed by atoms with E-state index in [2.05, 4.69) is 39.7 Å². The van der Waals surface area contributed by atoms with Crippen LogP contribution in [0, 0.1) is 11.8 Å². The molecule has 2 atom stereocenters. The molecule has 2 fully saturated rings. The predicted molar refractivity (Wildman–Crippen MR) is 286 cm³/mol. The van der Waals surface area contributed by atoms with Crippen LogP contribution >= 0.6 is 43.2 Å². The van der Waals surface area contributed by atoms with E-state index in [1.54, 1.807) is 41.5 Å². The van der Waals surface area contributed by atoms with Crippen molar-refractivity contribution in [1.82, 2.24) is 36.4 Å². The number of ether oxygens (including phenoxy) is 4. The van der Waals surface area contributed by atoms with Crippen LogP contribution in [-0.4, -0.2) is 148 Å². The van der Waals surface area contributed by atoms with E-state index >= 15 is 0 Å². The molecule has 2 aliphatic heterocycles. The van der Waals surface area contributed by atoms with Gasteiger partial charge < -0.3 is 56.2 Å². The number of nitrogens with zero attached hydrogens (tertiary/aromatic N) is 2. The molecule has 0 aromatic heterocycles. The van der Waals surface area contributed by atoms with Crippen LogP contribution in [0.4, 0.5) is 19.2 Å². The van der Waals surface area contributed by atoms with E-state index in [0.29, 0.717) is 44.9 Å². The van der Waals surface area contributed by atoms with Crippen molar-refractivity contribution < 1.29 is 66.9 Å². The van der Waals surface area contributed by atoms with Gasteiger partial charge in [-0.2, -0.15) is 0 Å². The van der Waals surface area contributed by atoms with Crippen LogP contribution in [0.3, 0.4) is 0 Å². The summed E-state index contributed by atoms with van der Waals surface area (Å²) >= 11 is 0. The van der Waals surface area contributed by atoms with Crippen LogP contribution in [0.15, 0.2) is 25.3 Å². The normalized spacial score (nSPS) is 14.8. The molecule has 2 heterocycles. The Kier molecular flexibility index (Phi) is 28.5.